The van der Waals surface area contributed by atoms with E-state index in [-0.39, 0.29) is 41.7 Å². The van der Waals surface area contributed by atoms with Gasteiger partial charge < -0.3 is 0 Å². The molecule has 0 aromatic rings. The molecule has 0 atom stereocenters. The Morgan fingerprint density at radius 3 is 0.880 bits per heavy atom. The minimum Gasteiger partial charge on any atom is -0.269 e. The molecule has 0 amide bonds. The molecule has 3 aliphatic rings. The molecule has 0 nitrogen and oxygen atoms in total. The summed E-state index contributed by atoms with van der Waals surface area (Å²) in [4.78, 5) is 0. The second-order valence-electron chi connectivity index (χ2n) is 7.18. The first kappa shape index (κ1) is 24.8. The van der Waals surface area contributed by atoms with Crippen LogP contribution in [0.15, 0.2) is 53.2 Å². The van der Waals surface area contributed by atoms with Crippen LogP contribution < -0.4 is 0 Å². The Balaban J connectivity index is 0.000000339. The molecule has 3 aliphatic carbocycles. The summed E-state index contributed by atoms with van der Waals surface area (Å²) in [5.74, 6) is 1.98. The SMILES string of the molecule is CC(C)C1=[C-]CC=C1.CC(C)C1=[C-]CC=C1.CC(C)C1=[C-]CC=C1.[Ce+3]. The first-order valence-electron chi connectivity index (χ1n) is 9.23. The van der Waals surface area contributed by atoms with Gasteiger partial charge in [-0.3, -0.25) is 18.2 Å². The first-order valence-corrected chi connectivity index (χ1v) is 9.23. The molecule has 0 unspecified atom stereocenters. The normalized spacial score (nSPS) is 16.9. The minimum atomic E-state index is 0. The Bertz CT molecular complexity index is 468. The van der Waals surface area contributed by atoms with Crippen LogP contribution in [0.25, 0.3) is 0 Å². The number of allylic oxidation sites excluding steroid dienone is 12. The first-order chi connectivity index (χ1) is 11.4. The zero-order chi connectivity index (χ0) is 17.9. The third-order valence-corrected chi connectivity index (χ3v) is 4.03. The maximum atomic E-state index is 3.26. The van der Waals surface area contributed by atoms with Crippen molar-refractivity contribution in [2.75, 3.05) is 0 Å². The standard InChI is InChI=1S/3C8H11.Ce/c3*1-7(2)8-5-3-4-6-8;/h3*3,5,7H,4H2,1-2H3;/q3*-1;+3. The molecular weight excluding hydrogens is 428 g/mol. The van der Waals surface area contributed by atoms with Gasteiger partial charge in [0.15, 0.2) is 0 Å². The van der Waals surface area contributed by atoms with Crippen LogP contribution in [0.3, 0.4) is 0 Å². The van der Waals surface area contributed by atoms with Gasteiger partial charge in [0, 0.05) is 0 Å². The van der Waals surface area contributed by atoms with Crippen LogP contribution in [0.1, 0.15) is 60.8 Å². The van der Waals surface area contributed by atoms with E-state index in [4.69, 9.17) is 0 Å². The fourth-order valence-corrected chi connectivity index (χ4v) is 2.45. The van der Waals surface area contributed by atoms with Crippen LogP contribution in [0.5, 0.6) is 0 Å². The summed E-state index contributed by atoms with van der Waals surface area (Å²) in [6, 6.07) is 0. The zero-order valence-electron chi connectivity index (χ0n) is 16.8. The van der Waals surface area contributed by atoms with Crippen molar-refractivity contribution < 1.29 is 41.7 Å². The summed E-state index contributed by atoms with van der Waals surface area (Å²) in [5, 5.41) is 0. The van der Waals surface area contributed by atoms with Gasteiger partial charge in [-0.1, -0.05) is 59.3 Å². The van der Waals surface area contributed by atoms with Crippen LogP contribution in [0.4, 0.5) is 0 Å². The molecular formula is C24H33Ce. The topological polar surface area (TPSA) is 0 Å². The van der Waals surface area contributed by atoms with Gasteiger partial charge in [-0.25, -0.2) is 34.9 Å². The van der Waals surface area contributed by atoms with E-state index >= 15 is 0 Å². The molecule has 3 rings (SSSR count). The van der Waals surface area contributed by atoms with Crippen LogP contribution in [-0.2, 0) is 0 Å². The van der Waals surface area contributed by atoms with Crippen molar-refractivity contribution in [3.63, 3.8) is 0 Å². The van der Waals surface area contributed by atoms with Crippen molar-refractivity contribution in [1.29, 1.82) is 0 Å². The maximum absolute atomic E-state index is 3.26. The Hall–Kier alpha value is -0.183. The maximum Gasteiger partial charge on any atom is 3.00 e. The van der Waals surface area contributed by atoms with Crippen molar-refractivity contribution in [3.05, 3.63) is 71.4 Å². The van der Waals surface area contributed by atoms with E-state index in [1.165, 1.54) is 16.7 Å². The molecule has 0 saturated carbocycles. The molecule has 133 valence electrons. The zero-order valence-corrected chi connectivity index (χ0v) is 20.0. The smallest absolute Gasteiger partial charge is 0.269 e. The van der Waals surface area contributed by atoms with Gasteiger partial charge in [-0.15, -0.1) is 19.3 Å². The predicted octanol–water partition coefficient (Wildman–Crippen LogP) is 7.00. The molecule has 0 bridgehead atoms. The van der Waals surface area contributed by atoms with Crippen LogP contribution >= 0.6 is 0 Å². The third-order valence-electron chi connectivity index (χ3n) is 4.03. The van der Waals surface area contributed by atoms with Gasteiger partial charge >= 0.3 is 41.7 Å². The molecule has 0 fully saturated rings. The third kappa shape index (κ3) is 10.5. The average Bonchev–Trinajstić information content (AvgIpc) is 3.29. The molecule has 25 heavy (non-hydrogen) atoms. The molecule has 1 radical (unpaired) electrons. The van der Waals surface area contributed by atoms with Gasteiger partial charge in [0.1, 0.15) is 0 Å². The second kappa shape index (κ2) is 13.9. The van der Waals surface area contributed by atoms with Crippen molar-refractivity contribution in [3.8, 4) is 0 Å². The molecule has 0 aromatic heterocycles. The van der Waals surface area contributed by atoms with E-state index in [1.54, 1.807) is 0 Å². The van der Waals surface area contributed by atoms with E-state index in [1.807, 2.05) is 0 Å². The second-order valence-corrected chi connectivity index (χ2v) is 7.18. The summed E-state index contributed by atoms with van der Waals surface area (Å²) in [6.07, 6.45) is 25.8. The van der Waals surface area contributed by atoms with Crippen LogP contribution in [-0.4, -0.2) is 0 Å². The Labute approximate surface area is 190 Å². The molecule has 0 N–H and O–H groups in total. The molecule has 1 heteroatoms. The fraction of sp³-hybridized carbons (Fsp3) is 0.500. The van der Waals surface area contributed by atoms with Gasteiger partial charge in [-0.05, 0) is 0 Å². The van der Waals surface area contributed by atoms with E-state index in [0.717, 1.165) is 19.3 Å². The Morgan fingerprint density at radius 2 is 0.800 bits per heavy atom. The summed E-state index contributed by atoms with van der Waals surface area (Å²) in [5.41, 5.74) is 4.10. The summed E-state index contributed by atoms with van der Waals surface area (Å²) in [7, 11) is 0. The summed E-state index contributed by atoms with van der Waals surface area (Å²) >= 11 is 0. The van der Waals surface area contributed by atoms with Crippen molar-refractivity contribution >= 4 is 0 Å². The van der Waals surface area contributed by atoms with Crippen molar-refractivity contribution in [2.45, 2.75) is 60.8 Å². The predicted molar refractivity (Wildman–Crippen MR) is 106 cm³/mol. The van der Waals surface area contributed by atoms with E-state index in [2.05, 4.69) is 96.2 Å². The van der Waals surface area contributed by atoms with Gasteiger partial charge in [0.25, 0.3) is 0 Å². The number of rotatable bonds is 3. The molecule has 0 saturated heterocycles. The van der Waals surface area contributed by atoms with Gasteiger partial charge in [-0.2, -0.15) is 18.2 Å². The van der Waals surface area contributed by atoms with Gasteiger partial charge in [0.2, 0.25) is 0 Å². The molecule has 0 heterocycles. The molecule has 0 spiro atoms. The van der Waals surface area contributed by atoms with Crippen molar-refractivity contribution in [1.82, 2.24) is 0 Å². The van der Waals surface area contributed by atoms with E-state index in [9.17, 15) is 0 Å². The van der Waals surface area contributed by atoms with E-state index in [0.29, 0.717) is 17.8 Å². The Kier molecular flexibility index (Phi) is 13.8. The molecule has 0 aliphatic heterocycles. The summed E-state index contributed by atoms with van der Waals surface area (Å²) in [6.45, 7) is 13.2. The van der Waals surface area contributed by atoms with Crippen LogP contribution in [0.2, 0.25) is 0 Å². The quantitative estimate of drug-likeness (QED) is 0.397. The van der Waals surface area contributed by atoms with E-state index < -0.39 is 0 Å². The minimum absolute atomic E-state index is 0. The van der Waals surface area contributed by atoms with Crippen molar-refractivity contribution in [2.24, 2.45) is 17.8 Å². The van der Waals surface area contributed by atoms with Gasteiger partial charge in [0.05, 0.1) is 0 Å². The Morgan fingerprint density at radius 1 is 0.560 bits per heavy atom. The number of hydrogen-bond acceptors (Lipinski definition) is 0. The molecule has 0 aromatic carbocycles. The number of hydrogen-bond donors (Lipinski definition) is 0. The monoisotopic (exact) mass is 461 g/mol. The van der Waals surface area contributed by atoms with Crippen LogP contribution in [0, 0.1) is 77.7 Å². The average molecular weight is 462 g/mol. The largest absolute Gasteiger partial charge is 3.00 e. The summed E-state index contributed by atoms with van der Waals surface area (Å²) < 4.78 is 0. The fourth-order valence-electron chi connectivity index (χ4n) is 2.45.